The minimum Gasteiger partial charge on any atom is -0.281 e. The van der Waals surface area contributed by atoms with Gasteiger partial charge >= 0.3 is 0 Å². The Balaban J connectivity index is 2.06. The zero-order chi connectivity index (χ0) is 13.4. The number of nitrogens with one attached hydrogen (secondary N) is 2. The van der Waals surface area contributed by atoms with E-state index in [0.29, 0.717) is 9.79 Å². The highest BCUT2D eigenvalue weighted by atomic mass is 35.5. The Morgan fingerprint density at radius 2 is 1.89 bits per heavy atom. The van der Waals surface area contributed by atoms with Gasteiger partial charge in [-0.2, -0.15) is 4.98 Å². The van der Waals surface area contributed by atoms with Crippen LogP contribution in [0, 0.1) is 11.7 Å². The van der Waals surface area contributed by atoms with Crippen LogP contribution in [-0.2, 0) is 0 Å². The summed E-state index contributed by atoms with van der Waals surface area (Å²) in [4.78, 5) is 9.76. The molecular weight excluding hydrogens is 300 g/mol. The van der Waals surface area contributed by atoms with Crippen molar-refractivity contribution in [2.75, 3.05) is 0 Å². The summed E-state index contributed by atoms with van der Waals surface area (Å²) in [7, 11) is 0. The number of halogens is 1. The number of aromatic nitrogens is 4. The lowest BCUT2D eigenvalue weighted by Crippen LogP contribution is -1.80. The SMILES string of the molecule is Cc1nc(-c2ccc(Cl)cc2)sc1-c1nc(=S)[nH][nH]1. The lowest BCUT2D eigenvalue weighted by atomic mass is 10.2. The Labute approximate surface area is 123 Å². The molecule has 0 aliphatic rings. The molecule has 3 rings (SSSR count). The lowest BCUT2D eigenvalue weighted by Gasteiger charge is -1.95. The first kappa shape index (κ1) is 12.5. The molecule has 0 fully saturated rings. The third kappa shape index (κ3) is 2.47. The summed E-state index contributed by atoms with van der Waals surface area (Å²) >= 11 is 12.4. The van der Waals surface area contributed by atoms with Gasteiger partial charge in [-0.05, 0) is 31.3 Å². The average Bonchev–Trinajstić information content (AvgIpc) is 2.96. The fourth-order valence-electron chi connectivity index (χ4n) is 1.71. The van der Waals surface area contributed by atoms with Gasteiger partial charge in [-0.1, -0.05) is 23.7 Å². The Morgan fingerprint density at radius 1 is 1.16 bits per heavy atom. The number of nitrogens with zero attached hydrogens (tertiary/aromatic N) is 2. The zero-order valence-electron chi connectivity index (χ0n) is 9.90. The van der Waals surface area contributed by atoms with Gasteiger partial charge in [-0.3, -0.25) is 10.2 Å². The molecule has 0 saturated heterocycles. The van der Waals surface area contributed by atoms with Gasteiger partial charge in [0.05, 0.1) is 10.6 Å². The molecule has 4 nitrogen and oxygen atoms in total. The van der Waals surface area contributed by atoms with Crippen molar-refractivity contribution in [2.45, 2.75) is 6.92 Å². The quantitative estimate of drug-likeness (QED) is 0.697. The fourth-order valence-corrected chi connectivity index (χ4v) is 2.99. The van der Waals surface area contributed by atoms with E-state index in [1.807, 2.05) is 31.2 Å². The van der Waals surface area contributed by atoms with Crippen molar-refractivity contribution in [1.82, 2.24) is 20.2 Å². The number of aromatic amines is 2. The molecule has 2 aromatic heterocycles. The minimum absolute atomic E-state index is 0.441. The summed E-state index contributed by atoms with van der Waals surface area (Å²) in [6.07, 6.45) is 0. The van der Waals surface area contributed by atoms with Gasteiger partial charge < -0.3 is 0 Å². The predicted octanol–water partition coefficient (Wildman–Crippen LogP) is 4.22. The molecule has 0 saturated carbocycles. The van der Waals surface area contributed by atoms with E-state index >= 15 is 0 Å². The normalized spacial score (nSPS) is 10.8. The standard InChI is InChI=1S/C12H9ClN4S2/c1-6-9(10-15-12(18)17-16-10)19-11(14-6)7-2-4-8(13)5-3-7/h2-5H,1H3,(H2,15,16,17,18). The molecule has 19 heavy (non-hydrogen) atoms. The minimum atomic E-state index is 0.441. The van der Waals surface area contributed by atoms with E-state index in [1.165, 1.54) is 0 Å². The summed E-state index contributed by atoms with van der Waals surface area (Å²) in [5, 5.41) is 7.39. The van der Waals surface area contributed by atoms with Crippen LogP contribution < -0.4 is 0 Å². The van der Waals surface area contributed by atoms with E-state index in [0.717, 1.165) is 27.0 Å². The summed E-state index contributed by atoms with van der Waals surface area (Å²) in [6, 6.07) is 7.62. The van der Waals surface area contributed by atoms with Gasteiger partial charge in [0.1, 0.15) is 5.01 Å². The number of hydrogen-bond acceptors (Lipinski definition) is 4. The van der Waals surface area contributed by atoms with Gasteiger partial charge in [0.25, 0.3) is 0 Å². The van der Waals surface area contributed by atoms with Crippen molar-refractivity contribution >= 4 is 35.2 Å². The molecule has 2 heterocycles. The molecule has 7 heteroatoms. The molecule has 2 N–H and O–H groups in total. The van der Waals surface area contributed by atoms with Crippen molar-refractivity contribution in [3.63, 3.8) is 0 Å². The molecule has 3 aromatic rings. The maximum absolute atomic E-state index is 5.89. The van der Waals surface area contributed by atoms with E-state index in [-0.39, 0.29) is 0 Å². The van der Waals surface area contributed by atoms with Gasteiger partial charge in [0.2, 0.25) is 4.77 Å². The van der Waals surface area contributed by atoms with Gasteiger partial charge in [-0.25, -0.2) is 4.98 Å². The molecular formula is C12H9ClN4S2. The highest BCUT2D eigenvalue weighted by Gasteiger charge is 2.13. The Bertz CT molecular complexity index is 770. The van der Waals surface area contributed by atoms with Crippen LogP contribution in [0.1, 0.15) is 5.69 Å². The van der Waals surface area contributed by atoms with E-state index in [4.69, 9.17) is 23.8 Å². The van der Waals surface area contributed by atoms with Crippen LogP contribution in [0.3, 0.4) is 0 Å². The number of thiazole rings is 1. The van der Waals surface area contributed by atoms with E-state index in [2.05, 4.69) is 20.2 Å². The lowest BCUT2D eigenvalue weighted by molar-refractivity contribution is 1.08. The topological polar surface area (TPSA) is 57.4 Å². The van der Waals surface area contributed by atoms with Crippen LogP contribution >= 0.6 is 35.2 Å². The largest absolute Gasteiger partial charge is 0.281 e. The highest BCUT2D eigenvalue weighted by Crippen LogP contribution is 2.33. The summed E-state index contributed by atoms with van der Waals surface area (Å²) in [5.41, 5.74) is 1.96. The third-order valence-electron chi connectivity index (χ3n) is 2.60. The van der Waals surface area contributed by atoms with Crippen molar-refractivity contribution in [3.05, 3.63) is 39.8 Å². The van der Waals surface area contributed by atoms with Crippen molar-refractivity contribution in [1.29, 1.82) is 0 Å². The first-order valence-electron chi connectivity index (χ1n) is 5.52. The van der Waals surface area contributed by atoms with Crippen molar-refractivity contribution < 1.29 is 0 Å². The predicted molar refractivity (Wildman–Crippen MR) is 80.1 cm³/mol. The highest BCUT2D eigenvalue weighted by molar-refractivity contribution is 7.71. The molecule has 0 amide bonds. The van der Waals surface area contributed by atoms with Gasteiger partial charge in [-0.15, -0.1) is 11.3 Å². The van der Waals surface area contributed by atoms with E-state index < -0.39 is 0 Å². The second kappa shape index (κ2) is 4.88. The Kier molecular flexibility index (Phi) is 3.22. The summed E-state index contributed by atoms with van der Waals surface area (Å²) in [6.45, 7) is 1.96. The second-order valence-electron chi connectivity index (χ2n) is 3.96. The Hall–Kier alpha value is -1.50. The molecule has 1 aromatic carbocycles. The van der Waals surface area contributed by atoms with Gasteiger partial charge in [0, 0.05) is 10.6 Å². The van der Waals surface area contributed by atoms with Crippen LogP contribution in [0.25, 0.3) is 21.3 Å². The number of benzene rings is 1. The zero-order valence-corrected chi connectivity index (χ0v) is 12.3. The van der Waals surface area contributed by atoms with Gasteiger partial charge in [0.15, 0.2) is 5.82 Å². The first-order chi connectivity index (χ1) is 9.13. The Morgan fingerprint density at radius 3 is 2.53 bits per heavy atom. The third-order valence-corrected chi connectivity index (χ3v) is 4.26. The molecule has 0 radical (unpaired) electrons. The van der Waals surface area contributed by atoms with Crippen LogP contribution in [-0.4, -0.2) is 20.2 Å². The second-order valence-corrected chi connectivity index (χ2v) is 5.78. The number of aryl methyl sites for hydroxylation is 1. The summed E-state index contributed by atoms with van der Waals surface area (Å²) in [5.74, 6) is 0.722. The monoisotopic (exact) mass is 308 g/mol. The number of rotatable bonds is 2. The fraction of sp³-hybridized carbons (Fsp3) is 0.0833. The number of hydrogen-bond donors (Lipinski definition) is 2. The molecule has 0 aliphatic heterocycles. The van der Waals surface area contributed by atoms with Crippen molar-refractivity contribution in [3.8, 4) is 21.3 Å². The maximum Gasteiger partial charge on any atom is 0.213 e. The average molecular weight is 309 g/mol. The van der Waals surface area contributed by atoms with E-state index in [9.17, 15) is 0 Å². The first-order valence-corrected chi connectivity index (χ1v) is 7.12. The summed E-state index contributed by atoms with van der Waals surface area (Å²) < 4.78 is 0.441. The molecule has 0 bridgehead atoms. The number of H-pyrrole nitrogens is 2. The molecule has 0 atom stereocenters. The smallest absolute Gasteiger partial charge is 0.213 e. The van der Waals surface area contributed by atoms with Crippen LogP contribution in [0.4, 0.5) is 0 Å². The maximum atomic E-state index is 5.89. The molecule has 96 valence electrons. The molecule has 0 unspecified atom stereocenters. The van der Waals surface area contributed by atoms with Crippen LogP contribution in [0.5, 0.6) is 0 Å². The van der Waals surface area contributed by atoms with Crippen molar-refractivity contribution in [2.24, 2.45) is 0 Å². The molecule has 0 spiro atoms. The van der Waals surface area contributed by atoms with Crippen LogP contribution in [0.15, 0.2) is 24.3 Å². The molecule has 0 aliphatic carbocycles. The van der Waals surface area contributed by atoms with E-state index in [1.54, 1.807) is 11.3 Å². The van der Waals surface area contributed by atoms with Crippen LogP contribution in [0.2, 0.25) is 5.02 Å².